The number of carbonyl (C=O) groups excluding carboxylic acids is 1. The number of thiophene rings is 1. The molecule has 0 saturated heterocycles. The highest BCUT2D eigenvalue weighted by Crippen LogP contribution is 2.33. The van der Waals surface area contributed by atoms with Crippen molar-refractivity contribution in [2.24, 2.45) is 0 Å². The molecule has 0 aliphatic rings. The number of hydrogen-bond donors (Lipinski definition) is 1. The third kappa shape index (κ3) is 4.06. The van der Waals surface area contributed by atoms with Crippen molar-refractivity contribution >= 4 is 33.2 Å². The molecule has 0 unspecified atom stereocenters. The maximum Gasteiger partial charge on any atom is 0.262 e. The second-order valence-corrected chi connectivity index (χ2v) is 7.50. The SMILES string of the molecule is COc1ccc(C(C)(C)CNC(=O)c2sccc2Br)cc1OC. The average Bonchev–Trinajstić information content (AvgIpc) is 2.98. The first-order valence-electron chi connectivity index (χ1n) is 7.12. The van der Waals surface area contributed by atoms with Crippen LogP contribution in [0.1, 0.15) is 29.1 Å². The van der Waals surface area contributed by atoms with Crippen LogP contribution in [0.5, 0.6) is 11.5 Å². The Balaban J connectivity index is 2.12. The van der Waals surface area contributed by atoms with Crippen LogP contribution < -0.4 is 14.8 Å². The smallest absolute Gasteiger partial charge is 0.262 e. The number of benzene rings is 1. The van der Waals surface area contributed by atoms with Crippen molar-refractivity contribution in [1.82, 2.24) is 5.32 Å². The third-order valence-electron chi connectivity index (χ3n) is 3.68. The predicted molar refractivity (Wildman–Crippen MR) is 96.9 cm³/mol. The van der Waals surface area contributed by atoms with Gasteiger partial charge in [0.05, 0.1) is 14.2 Å². The Morgan fingerprint density at radius 1 is 1.22 bits per heavy atom. The quantitative estimate of drug-likeness (QED) is 0.792. The summed E-state index contributed by atoms with van der Waals surface area (Å²) in [6.45, 7) is 4.68. The van der Waals surface area contributed by atoms with E-state index in [2.05, 4.69) is 35.1 Å². The van der Waals surface area contributed by atoms with Crippen molar-refractivity contribution in [3.05, 3.63) is 44.6 Å². The van der Waals surface area contributed by atoms with Gasteiger partial charge in [-0.25, -0.2) is 0 Å². The van der Waals surface area contributed by atoms with Crippen molar-refractivity contribution in [2.45, 2.75) is 19.3 Å². The van der Waals surface area contributed by atoms with Crippen LogP contribution in [0.3, 0.4) is 0 Å². The molecule has 6 heteroatoms. The number of rotatable bonds is 6. The van der Waals surface area contributed by atoms with Gasteiger partial charge in [-0.05, 0) is 45.1 Å². The minimum Gasteiger partial charge on any atom is -0.493 e. The lowest BCUT2D eigenvalue weighted by Gasteiger charge is -2.26. The highest BCUT2D eigenvalue weighted by atomic mass is 79.9. The molecule has 1 heterocycles. The molecule has 2 rings (SSSR count). The van der Waals surface area contributed by atoms with Gasteiger partial charge in [0.1, 0.15) is 4.88 Å². The number of ether oxygens (including phenoxy) is 2. The maximum atomic E-state index is 12.3. The Kier molecular flexibility index (Phi) is 5.70. The Bertz CT molecular complexity index is 697. The van der Waals surface area contributed by atoms with Gasteiger partial charge in [0.2, 0.25) is 0 Å². The standard InChI is InChI=1S/C17H20BrNO3S/c1-17(2,10-19-16(20)15-12(18)7-8-23-15)11-5-6-13(21-3)14(9-11)22-4/h5-9H,10H2,1-4H3,(H,19,20). The zero-order valence-corrected chi connectivity index (χ0v) is 16.0. The number of nitrogens with one attached hydrogen (secondary N) is 1. The second kappa shape index (κ2) is 7.36. The molecule has 0 spiro atoms. The Hall–Kier alpha value is -1.53. The molecular formula is C17H20BrNO3S. The lowest BCUT2D eigenvalue weighted by atomic mass is 9.84. The lowest BCUT2D eigenvalue weighted by Crippen LogP contribution is -2.36. The zero-order chi connectivity index (χ0) is 17.0. The average molecular weight is 398 g/mol. The molecule has 0 fully saturated rings. The number of carbonyl (C=O) groups is 1. The minimum atomic E-state index is -0.237. The summed E-state index contributed by atoms with van der Waals surface area (Å²) < 4.78 is 11.4. The minimum absolute atomic E-state index is 0.0690. The molecule has 1 aromatic heterocycles. The van der Waals surface area contributed by atoms with Crippen molar-refractivity contribution in [3.8, 4) is 11.5 Å². The van der Waals surface area contributed by atoms with Gasteiger partial charge in [-0.1, -0.05) is 19.9 Å². The largest absolute Gasteiger partial charge is 0.493 e. The van der Waals surface area contributed by atoms with Gasteiger partial charge in [0.25, 0.3) is 5.91 Å². The highest BCUT2D eigenvalue weighted by molar-refractivity contribution is 9.10. The van der Waals surface area contributed by atoms with E-state index in [0.29, 0.717) is 22.9 Å². The van der Waals surface area contributed by atoms with Crippen LogP contribution in [0, 0.1) is 0 Å². The molecule has 0 bridgehead atoms. The topological polar surface area (TPSA) is 47.6 Å². The fraction of sp³-hybridized carbons (Fsp3) is 0.353. The van der Waals surface area contributed by atoms with E-state index in [4.69, 9.17) is 9.47 Å². The van der Waals surface area contributed by atoms with Crippen molar-refractivity contribution in [2.75, 3.05) is 20.8 Å². The number of halogens is 1. The lowest BCUT2D eigenvalue weighted by molar-refractivity contribution is 0.0949. The van der Waals surface area contributed by atoms with Crippen LogP contribution in [0.25, 0.3) is 0 Å². The molecular weight excluding hydrogens is 378 g/mol. The van der Waals surface area contributed by atoms with Crippen LogP contribution in [-0.2, 0) is 5.41 Å². The van der Waals surface area contributed by atoms with E-state index in [1.165, 1.54) is 11.3 Å². The summed E-state index contributed by atoms with van der Waals surface area (Å²) in [7, 11) is 3.23. The molecule has 0 aliphatic carbocycles. The van der Waals surface area contributed by atoms with Gasteiger partial charge in [-0.15, -0.1) is 11.3 Å². The fourth-order valence-electron chi connectivity index (χ4n) is 2.20. The first-order valence-corrected chi connectivity index (χ1v) is 8.80. The van der Waals surface area contributed by atoms with E-state index < -0.39 is 0 Å². The molecule has 0 saturated carbocycles. The Labute approximate surface area is 148 Å². The summed E-state index contributed by atoms with van der Waals surface area (Å²) >= 11 is 4.81. The number of amides is 1. The fourth-order valence-corrected chi connectivity index (χ4v) is 3.66. The monoisotopic (exact) mass is 397 g/mol. The molecule has 0 aliphatic heterocycles. The Morgan fingerprint density at radius 2 is 1.91 bits per heavy atom. The first-order chi connectivity index (χ1) is 10.9. The highest BCUT2D eigenvalue weighted by Gasteiger charge is 2.24. The summed E-state index contributed by atoms with van der Waals surface area (Å²) in [5.41, 5.74) is 0.833. The van der Waals surface area contributed by atoms with Crippen LogP contribution in [0.4, 0.5) is 0 Å². The van der Waals surface area contributed by atoms with Gasteiger partial charge in [0.15, 0.2) is 11.5 Å². The third-order valence-corrected chi connectivity index (χ3v) is 5.52. The summed E-state index contributed by atoms with van der Waals surface area (Å²) in [6, 6.07) is 7.70. The van der Waals surface area contributed by atoms with Crippen molar-refractivity contribution in [1.29, 1.82) is 0 Å². The van der Waals surface area contributed by atoms with E-state index in [1.54, 1.807) is 14.2 Å². The zero-order valence-electron chi connectivity index (χ0n) is 13.6. The van der Waals surface area contributed by atoms with E-state index in [0.717, 1.165) is 10.0 Å². The second-order valence-electron chi connectivity index (χ2n) is 5.73. The van der Waals surface area contributed by atoms with Gasteiger partial charge >= 0.3 is 0 Å². The van der Waals surface area contributed by atoms with Crippen LogP contribution in [0.15, 0.2) is 34.1 Å². The molecule has 1 aromatic carbocycles. The van der Waals surface area contributed by atoms with Crippen LogP contribution >= 0.6 is 27.3 Å². The van der Waals surface area contributed by atoms with Gasteiger partial charge in [0, 0.05) is 16.4 Å². The van der Waals surface area contributed by atoms with Gasteiger partial charge in [-0.3, -0.25) is 4.79 Å². The van der Waals surface area contributed by atoms with E-state index in [1.807, 2.05) is 29.6 Å². The van der Waals surface area contributed by atoms with Crippen LogP contribution in [-0.4, -0.2) is 26.7 Å². The van der Waals surface area contributed by atoms with Gasteiger partial charge in [-0.2, -0.15) is 0 Å². The summed E-state index contributed by atoms with van der Waals surface area (Å²) in [6.07, 6.45) is 0. The van der Waals surface area contributed by atoms with Crippen molar-refractivity contribution in [3.63, 3.8) is 0 Å². The number of methoxy groups -OCH3 is 2. The first kappa shape index (κ1) is 17.8. The summed E-state index contributed by atoms with van der Waals surface area (Å²) in [5.74, 6) is 1.31. The van der Waals surface area contributed by atoms with Gasteiger partial charge < -0.3 is 14.8 Å². The molecule has 1 N–H and O–H groups in total. The summed E-state index contributed by atoms with van der Waals surface area (Å²) in [5, 5.41) is 4.89. The van der Waals surface area contributed by atoms with Crippen molar-refractivity contribution < 1.29 is 14.3 Å². The summed E-state index contributed by atoms with van der Waals surface area (Å²) in [4.78, 5) is 12.9. The molecule has 0 atom stereocenters. The number of hydrogen-bond acceptors (Lipinski definition) is 4. The van der Waals surface area contributed by atoms with E-state index in [-0.39, 0.29) is 11.3 Å². The van der Waals surface area contributed by atoms with E-state index in [9.17, 15) is 4.79 Å². The maximum absolute atomic E-state index is 12.3. The Morgan fingerprint density at radius 3 is 2.48 bits per heavy atom. The predicted octanol–water partition coefficient (Wildman–Crippen LogP) is 4.24. The molecule has 23 heavy (non-hydrogen) atoms. The molecule has 1 amide bonds. The van der Waals surface area contributed by atoms with Crippen LogP contribution in [0.2, 0.25) is 0 Å². The molecule has 2 aromatic rings. The normalized spacial score (nSPS) is 11.2. The molecule has 4 nitrogen and oxygen atoms in total. The van der Waals surface area contributed by atoms with E-state index >= 15 is 0 Å². The molecule has 124 valence electrons. The molecule has 0 radical (unpaired) electrons.